The van der Waals surface area contributed by atoms with Crippen molar-refractivity contribution < 1.29 is 64.4 Å². The molecule has 0 bridgehead atoms. The number of hydrogen-bond acceptors (Lipinski definition) is 3. The minimum Gasteiger partial charge on any atom is -0.744 e. The molecule has 0 aliphatic heterocycles. The Hall–Kier alpha value is 1.29. The predicted molar refractivity (Wildman–Crippen MR) is 66.1 cm³/mol. The van der Waals surface area contributed by atoms with Crippen LogP contribution in [0.15, 0.2) is 11.5 Å². The zero-order chi connectivity index (χ0) is 12.3. The van der Waals surface area contributed by atoms with Crippen LogP contribution in [0.1, 0.15) is 64.7 Å². The van der Waals surface area contributed by atoms with Gasteiger partial charge >= 0.3 is 51.4 Å². The van der Waals surface area contributed by atoms with Gasteiger partial charge in [-0.15, -0.1) is 0 Å². The molecular weight excluding hydrogens is 263 g/mol. The smallest absolute Gasteiger partial charge is 0.744 e. The van der Waals surface area contributed by atoms with Gasteiger partial charge in [-0.25, -0.2) is 8.42 Å². The Labute approximate surface area is 149 Å². The van der Waals surface area contributed by atoms with Crippen LogP contribution in [0.3, 0.4) is 0 Å². The van der Waals surface area contributed by atoms with Crippen molar-refractivity contribution in [2.75, 3.05) is 0 Å². The van der Waals surface area contributed by atoms with Gasteiger partial charge in [-0.1, -0.05) is 57.9 Å². The summed E-state index contributed by atoms with van der Waals surface area (Å²) in [6.07, 6.45) is 11.9. The molecule has 0 saturated carbocycles. The van der Waals surface area contributed by atoms with Crippen LogP contribution in [-0.2, 0) is 10.1 Å². The van der Waals surface area contributed by atoms with Crippen molar-refractivity contribution in [2.24, 2.45) is 0 Å². The van der Waals surface area contributed by atoms with Gasteiger partial charge in [-0.2, -0.15) is 0 Å². The van der Waals surface area contributed by atoms with E-state index in [0.29, 0.717) is 6.42 Å². The molecule has 0 aromatic carbocycles. The summed E-state index contributed by atoms with van der Waals surface area (Å²) in [7, 11) is -4.16. The van der Waals surface area contributed by atoms with Gasteiger partial charge in [-0.05, 0) is 12.8 Å². The molecule has 0 aliphatic rings. The van der Waals surface area contributed by atoms with E-state index in [1.165, 1.54) is 44.6 Å². The third-order valence-electron chi connectivity index (χ3n) is 2.49. The second kappa shape index (κ2) is 13.7. The zero-order valence-corrected chi connectivity index (χ0v) is 15.1. The van der Waals surface area contributed by atoms with Gasteiger partial charge in [0, 0.05) is 5.41 Å². The summed E-state index contributed by atoms with van der Waals surface area (Å²) >= 11 is 0. The molecule has 0 saturated heterocycles. The minimum atomic E-state index is -4.16. The fourth-order valence-electron chi connectivity index (χ4n) is 1.58. The van der Waals surface area contributed by atoms with Crippen molar-refractivity contribution in [2.45, 2.75) is 64.7 Å². The molecular formula is C12H23KO3S. The minimum absolute atomic E-state index is 0. The second-order valence-corrected chi connectivity index (χ2v) is 5.39. The maximum atomic E-state index is 10.2. The molecule has 0 unspecified atom stereocenters. The van der Waals surface area contributed by atoms with Crippen LogP contribution in [0.4, 0.5) is 0 Å². The molecule has 3 nitrogen and oxygen atoms in total. The van der Waals surface area contributed by atoms with Crippen LogP contribution in [-0.4, -0.2) is 13.0 Å². The molecule has 0 heterocycles. The van der Waals surface area contributed by atoms with Crippen molar-refractivity contribution in [3.63, 3.8) is 0 Å². The van der Waals surface area contributed by atoms with E-state index in [2.05, 4.69) is 6.92 Å². The van der Waals surface area contributed by atoms with Gasteiger partial charge in [0.2, 0.25) is 0 Å². The second-order valence-electron chi connectivity index (χ2n) is 4.13. The SMILES string of the molecule is CCCCCCCCCC/C=C/S(=O)(=O)[O-].[K+]. The first-order valence-electron chi connectivity index (χ1n) is 6.18. The first-order chi connectivity index (χ1) is 7.56. The van der Waals surface area contributed by atoms with Crippen LogP contribution < -0.4 is 51.4 Å². The summed E-state index contributed by atoms with van der Waals surface area (Å²) in [5, 5.41) is 0.758. The molecule has 0 spiro atoms. The van der Waals surface area contributed by atoms with E-state index >= 15 is 0 Å². The van der Waals surface area contributed by atoms with Gasteiger partial charge in [0.15, 0.2) is 0 Å². The van der Waals surface area contributed by atoms with E-state index in [4.69, 9.17) is 0 Å². The van der Waals surface area contributed by atoms with Crippen LogP contribution >= 0.6 is 0 Å². The van der Waals surface area contributed by atoms with E-state index in [0.717, 1.165) is 18.2 Å². The number of unbranched alkanes of at least 4 members (excludes halogenated alkanes) is 8. The molecule has 0 rings (SSSR count). The van der Waals surface area contributed by atoms with E-state index < -0.39 is 10.1 Å². The standard InChI is InChI=1S/C12H24O3S.K/c1-2-3-4-5-6-7-8-9-10-11-12-16(13,14)15;/h11-12H,2-10H2,1H3,(H,13,14,15);/q;+1/p-1/b12-11+;. The van der Waals surface area contributed by atoms with Crippen molar-refractivity contribution >= 4 is 10.1 Å². The molecule has 0 atom stereocenters. The Kier molecular flexibility index (Phi) is 16.6. The van der Waals surface area contributed by atoms with Crippen LogP contribution in [0.25, 0.3) is 0 Å². The fraction of sp³-hybridized carbons (Fsp3) is 0.833. The number of rotatable bonds is 10. The molecule has 0 amide bonds. The summed E-state index contributed by atoms with van der Waals surface area (Å²) in [6.45, 7) is 2.20. The van der Waals surface area contributed by atoms with Crippen LogP contribution in [0, 0.1) is 0 Å². The summed E-state index contributed by atoms with van der Waals surface area (Å²) in [5.41, 5.74) is 0. The van der Waals surface area contributed by atoms with E-state index in [1.807, 2.05) is 0 Å². The predicted octanol–water partition coefficient (Wildman–Crippen LogP) is 0.580. The van der Waals surface area contributed by atoms with Crippen molar-refractivity contribution in [3.8, 4) is 0 Å². The average molecular weight is 286 g/mol. The molecule has 0 fully saturated rings. The summed E-state index contributed by atoms with van der Waals surface area (Å²) in [4.78, 5) is 0. The van der Waals surface area contributed by atoms with Crippen LogP contribution in [0.5, 0.6) is 0 Å². The Balaban J connectivity index is 0. The molecule has 0 aromatic rings. The maximum absolute atomic E-state index is 10.2. The van der Waals surface area contributed by atoms with E-state index in [9.17, 15) is 13.0 Å². The third-order valence-corrected chi connectivity index (χ3v) is 3.01. The number of hydrogen-bond donors (Lipinski definition) is 0. The van der Waals surface area contributed by atoms with Gasteiger partial charge in [0.1, 0.15) is 10.1 Å². The summed E-state index contributed by atoms with van der Waals surface area (Å²) in [5.74, 6) is 0. The Morgan fingerprint density at radius 1 is 0.941 bits per heavy atom. The van der Waals surface area contributed by atoms with E-state index in [-0.39, 0.29) is 51.4 Å². The fourth-order valence-corrected chi connectivity index (χ4v) is 1.95. The number of allylic oxidation sites excluding steroid dienone is 1. The van der Waals surface area contributed by atoms with Gasteiger partial charge in [0.05, 0.1) is 0 Å². The molecule has 17 heavy (non-hydrogen) atoms. The average Bonchev–Trinajstić information content (AvgIpc) is 2.19. The Morgan fingerprint density at radius 3 is 1.88 bits per heavy atom. The van der Waals surface area contributed by atoms with Gasteiger partial charge in [-0.3, -0.25) is 0 Å². The monoisotopic (exact) mass is 286 g/mol. The third kappa shape index (κ3) is 19.8. The van der Waals surface area contributed by atoms with Crippen molar-refractivity contribution in [1.29, 1.82) is 0 Å². The first-order valence-corrected chi connectivity index (χ1v) is 7.66. The molecule has 5 heteroatoms. The van der Waals surface area contributed by atoms with Gasteiger partial charge in [0.25, 0.3) is 0 Å². The molecule has 0 radical (unpaired) electrons. The molecule has 0 aromatic heterocycles. The summed E-state index contributed by atoms with van der Waals surface area (Å²) in [6, 6.07) is 0. The van der Waals surface area contributed by atoms with Crippen molar-refractivity contribution in [1.82, 2.24) is 0 Å². The van der Waals surface area contributed by atoms with Crippen LogP contribution in [0.2, 0.25) is 0 Å². The topological polar surface area (TPSA) is 57.2 Å². The largest absolute Gasteiger partial charge is 1.00 e. The maximum Gasteiger partial charge on any atom is 1.00 e. The zero-order valence-electron chi connectivity index (χ0n) is 11.2. The van der Waals surface area contributed by atoms with Gasteiger partial charge < -0.3 is 4.55 Å². The summed E-state index contributed by atoms with van der Waals surface area (Å²) < 4.78 is 30.7. The molecule has 0 aliphatic carbocycles. The first kappa shape index (κ1) is 20.6. The molecule has 96 valence electrons. The molecule has 0 N–H and O–H groups in total. The Morgan fingerprint density at radius 2 is 1.41 bits per heavy atom. The van der Waals surface area contributed by atoms with E-state index in [1.54, 1.807) is 0 Å². The Bertz CT molecular complexity index is 273. The normalized spacial score (nSPS) is 11.6. The van der Waals surface area contributed by atoms with Crippen molar-refractivity contribution in [3.05, 3.63) is 11.5 Å². The quantitative estimate of drug-likeness (QED) is 0.335.